The molecule has 0 bridgehead atoms. The lowest BCUT2D eigenvalue weighted by Gasteiger charge is -2.02. The molecule has 1 aliphatic heterocycles. The summed E-state index contributed by atoms with van der Waals surface area (Å²) in [5, 5.41) is 3.52. The molecule has 0 aliphatic carbocycles. The molecule has 5 heteroatoms. The number of hydrogen-bond donors (Lipinski definition) is 0. The molecule has 1 rings (SSSR count). The number of hydrogen-bond acceptors (Lipinski definition) is 4. The van der Waals surface area contributed by atoms with Crippen molar-refractivity contribution in [1.82, 2.24) is 0 Å². The van der Waals surface area contributed by atoms with Gasteiger partial charge < -0.3 is 9.57 Å². The molecule has 4 nitrogen and oxygen atoms in total. The molecule has 0 fully saturated rings. The van der Waals surface area contributed by atoms with Crippen molar-refractivity contribution in [2.75, 3.05) is 7.11 Å². The number of oxime groups is 1. The number of methoxy groups -OCH3 is 1. The molecule has 0 spiro atoms. The summed E-state index contributed by atoms with van der Waals surface area (Å²) in [6.45, 7) is 0. The third kappa shape index (κ3) is 1.47. The van der Waals surface area contributed by atoms with Crippen LogP contribution in [0, 0.1) is 0 Å². The molecular weight excluding hydrogens is 202 g/mol. The van der Waals surface area contributed by atoms with Gasteiger partial charge in [-0.2, -0.15) is 0 Å². The average Bonchev–Trinajstić information content (AvgIpc) is 2.34. The number of esters is 1. The Hall–Kier alpha value is -0.580. The Morgan fingerprint density at radius 2 is 2.70 bits per heavy atom. The quantitative estimate of drug-likeness (QED) is 0.594. The largest absolute Gasteiger partial charge is 0.466 e. The van der Waals surface area contributed by atoms with E-state index < -0.39 is 12.1 Å². The highest BCUT2D eigenvalue weighted by atomic mass is 79.9. The minimum Gasteiger partial charge on any atom is -0.466 e. The van der Waals surface area contributed by atoms with Crippen LogP contribution in [0.5, 0.6) is 0 Å². The van der Waals surface area contributed by atoms with Crippen LogP contribution in [0.2, 0.25) is 0 Å². The van der Waals surface area contributed by atoms with E-state index in [1.165, 1.54) is 7.11 Å². The molecule has 1 atom stereocenters. The van der Waals surface area contributed by atoms with Gasteiger partial charge in [0.15, 0.2) is 0 Å². The standard InChI is InChI=1S/C5H6BrNO3/c1-9-5(8)3-2-4(6)7-10-3/h3H,2H2,1H3/t3-/m0/s1. The van der Waals surface area contributed by atoms with Crippen LogP contribution in [0.3, 0.4) is 0 Å². The van der Waals surface area contributed by atoms with Crippen molar-refractivity contribution in [2.24, 2.45) is 5.16 Å². The van der Waals surface area contributed by atoms with Gasteiger partial charge in [0.25, 0.3) is 0 Å². The summed E-state index contributed by atoms with van der Waals surface area (Å²) in [4.78, 5) is 15.4. The van der Waals surface area contributed by atoms with Gasteiger partial charge in [-0.3, -0.25) is 0 Å². The molecule has 0 saturated carbocycles. The Balaban J connectivity index is 2.42. The first kappa shape index (κ1) is 7.53. The van der Waals surface area contributed by atoms with E-state index in [-0.39, 0.29) is 0 Å². The molecule has 0 aromatic carbocycles. The molecule has 0 unspecified atom stereocenters. The lowest BCUT2D eigenvalue weighted by atomic mass is 10.3. The van der Waals surface area contributed by atoms with Crippen molar-refractivity contribution in [3.8, 4) is 0 Å². The summed E-state index contributed by atoms with van der Waals surface area (Å²) < 4.78 is 5.07. The molecule has 1 aliphatic rings. The van der Waals surface area contributed by atoms with Crippen molar-refractivity contribution in [2.45, 2.75) is 12.5 Å². The first-order valence-electron chi connectivity index (χ1n) is 2.70. The SMILES string of the molecule is COC(=O)[C@@H]1CC(Br)=NO1. The van der Waals surface area contributed by atoms with E-state index in [1.54, 1.807) is 0 Å². The van der Waals surface area contributed by atoms with Crippen LogP contribution in [-0.2, 0) is 14.4 Å². The minimum absolute atomic E-state index is 0.391. The summed E-state index contributed by atoms with van der Waals surface area (Å²) in [5.74, 6) is -0.391. The third-order valence-electron chi connectivity index (χ3n) is 1.10. The van der Waals surface area contributed by atoms with Crippen molar-refractivity contribution in [3.63, 3.8) is 0 Å². The van der Waals surface area contributed by atoms with Crippen LogP contribution in [-0.4, -0.2) is 23.8 Å². The monoisotopic (exact) mass is 207 g/mol. The van der Waals surface area contributed by atoms with E-state index in [0.29, 0.717) is 11.0 Å². The topological polar surface area (TPSA) is 47.9 Å². The fourth-order valence-electron chi connectivity index (χ4n) is 0.606. The van der Waals surface area contributed by atoms with Crippen LogP contribution >= 0.6 is 15.9 Å². The summed E-state index contributed by atoms with van der Waals surface area (Å²) in [7, 11) is 1.32. The van der Waals surface area contributed by atoms with E-state index in [2.05, 4.69) is 30.7 Å². The number of carbonyl (C=O) groups is 1. The second-order valence-corrected chi connectivity index (χ2v) is 2.70. The minimum atomic E-state index is -0.556. The Kier molecular flexibility index (Phi) is 2.26. The van der Waals surface area contributed by atoms with Gasteiger partial charge in [-0.25, -0.2) is 4.79 Å². The maximum Gasteiger partial charge on any atom is 0.350 e. The molecule has 56 valence electrons. The van der Waals surface area contributed by atoms with Gasteiger partial charge in [-0.1, -0.05) is 5.16 Å². The molecule has 0 saturated heterocycles. The van der Waals surface area contributed by atoms with Crippen LogP contribution in [0.1, 0.15) is 6.42 Å². The molecule has 0 amide bonds. The van der Waals surface area contributed by atoms with Gasteiger partial charge >= 0.3 is 5.97 Å². The summed E-state index contributed by atoms with van der Waals surface area (Å²) in [6.07, 6.45) is -0.0912. The van der Waals surface area contributed by atoms with Gasteiger partial charge in [0, 0.05) is 0 Å². The molecule has 10 heavy (non-hydrogen) atoms. The molecule has 1 heterocycles. The normalized spacial score (nSPS) is 23.4. The van der Waals surface area contributed by atoms with Crippen LogP contribution in [0.4, 0.5) is 0 Å². The van der Waals surface area contributed by atoms with Crippen molar-refractivity contribution in [1.29, 1.82) is 0 Å². The number of carbonyl (C=O) groups excluding carboxylic acids is 1. The molecule has 0 radical (unpaired) electrons. The Morgan fingerprint density at radius 3 is 3.10 bits per heavy atom. The number of nitrogens with zero attached hydrogens (tertiary/aromatic N) is 1. The van der Waals surface area contributed by atoms with Gasteiger partial charge in [0.05, 0.1) is 13.5 Å². The predicted molar refractivity (Wildman–Crippen MR) is 37.9 cm³/mol. The van der Waals surface area contributed by atoms with Crippen LogP contribution in [0.25, 0.3) is 0 Å². The van der Waals surface area contributed by atoms with E-state index in [1.807, 2.05) is 0 Å². The Morgan fingerprint density at radius 1 is 2.00 bits per heavy atom. The molecule has 0 aromatic rings. The van der Waals surface area contributed by atoms with E-state index in [4.69, 9.17) is 0 Å². The van der Waals surface area contributed by atoms with Gasteiger partial charge in [-0.05, 0) is 15.9 Å². The highest BCUT2D eigenvalue weighted by Gasteiger charge is 2.27. The lowest BCUT2D eigenvalue weighted by molar-refractivity contribution is -0.152. The zero-order chi connectivity index (χ0) is 7.56. The number of ether oxygens (including phenoxy) is 1. The van der Waals surface area contributed by atoms with E-state index in [9.17, 15) is 4.79 Å². The van der Waals surface area contributed by atoms with Crippen molar-refractivity contribution in [3.05, 3.63) is 0 Å². The maximum absolute atomic E-state index is 10.7. The first-order chi connectivity index (χ1) is 4.74. The predicted octanol–water partition coefficient (Wildman–Crippen LogP) is 0.657. The zero-order valence-corrected chi connectivity index (χ0v) is 6.92. The molecular formula is C5H6BrNO3. The Bertz CT molecular complexity index is 180. The third-order valence-corrected chi connectivity index (χ3v) is 1.57. The lowest BCUT2D eigenvalue weighted by Crippen LogP contribution is -2.21. The van der Waals surface area contributed by atoms with Crippen molar-refractivity contribution < 1.29 is 14.4 Å². The smallest absolute Gasteiger partial charge is 0.350 e. The average molecular weight is 208 g/mol. The summed E-state index contributed by atoms with van der Waals surface area (Å²) >= 11 is 3.09. The second-order valence-electron chi connectivity index (χ2n) is 1.79. The van der Waals surface area contributed by atoms with Gasteiger partial charge in [0.2, 0.25) is 6.10 Å². The fourth-order valence-corrected chi connectivity index (χ4v) is 0.984. The first-order valence-corrected chi connectivity index (χ1v) is 3.49. The van der Waals surface area contributed by atoms with E-state index in [0.717, 1.165) is 0 Å². The summed E-state index contributed by atoms with van der Waals surface area (Å²) in [5.41, 5.74) is 0. The molecule has 0 N–H and O–H groups in total. The fraction of sp³-hybridized carbons (Fsp3) is 0.600. The van der Waals surface area contributed by atoms with Crippen molar-refractivity contribution >= 4 is 26.5 Å². The Labute approximate surface area is 66.3 Å². The second kappa shape index (κ2) is 3.01. The number of rotatable bonds is 1. The van der Waals surface area contributed by atoms with E-state index >= 15 is 0 Å². The number of halogens is 1. The zero-order valence-electron chi connectivity index (χ0n) is 5.33. The summed E-state index contributed by atoms with van der Waals surface area (Å²) in [6, 6.07) is 0. The highest BCUT2D eigenvalue weighted by Crippen LogP contribution is 2.14. The van der Waals surface area contributed by atoms with Crippen LogP contribution < -0.4 is 0 Å². The maximum atomic E-state index is 10.7. The van der Waals surface area contributed by atoms with Gasteiger partial charge in [-0.15, -0.1) is 0 Å². The van der Waals surface area contributed by atoms with Gasteiger partial charge in [0.1, 0.15) is 4.62 Å². The highest BCUT2D eigenvalue weighted by molar-refractivity contribution is 9.18. The molecule has 0 aromatic heterocycles. The van der Waals surface area contributed by atoms with Crippen LogP contribution in [0.15, 0.2) is 5.16 Å².